The van der Waals surface area contributed by atoms with E-state index in [1.54, 1.807) is 6.20 Å². The highest BCUT2D eigenvalue weighted by Gasteiger charge is 2.14. The minimum atomic E-state index is -0.461. The van der Waals surface area contributed by atoms with E-state index in [1.165, 1.54) is 13.2 Å². The summed E-state index contributed by atoms with van der Waals surface area (Å²) in [5.41, 5.74) is 8.04. The molecule has 5 nitrogen and oxygen atoms in total. The van der Waals surface area contributed by atoms with E-state index in [-0.39, 0.29) is 5.82 Å². The van der Waals surface area contributed by atoms with E-state index in [4.69, 9.17) is 5.73 Å². The Hall–Kier alpha value is -2.17. The van der Waals surface area contributed by atoms with E-state index in [1.807, 2.05) is 13.0 Å². The first-order valence-electron chi connectivity index (χ1n) is 4.73. The molecule has 2 aromatic heterocycles. The van der Waals surface area contributed by atoms with Crippen molar-refractivity contribution in [2.45, 2.75) is 6.92 Å². The topological polar surface area (TPSA) is 78.1 Å². The number of nitrogen functional groups attached to an aromatic ring is 1. The van der Waals surface area contributed by atoms with Crippen LogP contribution in [0, 0.1) is 6.92 Å². The predicted molar refractivity (Wildman–Crippen MR) is 60.0 cm³/mol. The maximum absolute atomic E-state index is 11.5. The van der Waals surface area contributed by atoms with Crippen LogP contribution in [-0.4, -0.2) is 23.0 Å². The minimum absolute atomic E-state index is 0.281. The number of ether oxygens (including phenoxy) is 1. The Kier molecular flexibility index (Phi) is 2.44. The summed E-state index contributed by atoms with van der Waals surface area (Å²) in [7, 11) is 1.32. The first kappa shape index (κ1) is 10.4. The second-order valence-corrected chi connectivity index (χ2v) is 3.41. The summed E-state index contributed by atoms with van der Waals surface area (Å²) >= 11 is 0. The first-order chi connectivity index (χ1) is 7.63. The first-order valence-corrected chi connectivity index (χ1v) is 4.73. The van der Waals surface area contributed by atoms with Crippen molar-refractivity contribution in [1.82, 2.24) is 9.97 Å². The molecule has 0 aliphatic carbocycles. The van der Waals surface area contributed by atoms with E-state index >= 15 is 0 Å². The van der Waals surface area contributed by atoms with Crippen molar-refractivity contribution in [2.75, 3.05) is 12.8 Å². The van der Waals surface area contributed by atoms with Crippen LogP contribution in [0.4, 0.5) is 5.82 Å². The average Bonchev–Trinajstić information content (AvgIpc) is 2.28. The average molecular weight is 217 g/mol. The molecule has 2 aromatic rings. The van der Waals surface area contributed by atoms with Crippen molar-refractivity contribution in [3.05, 3.63) is 29.5 Å². The van der Waals surface area contributed by atoms with Gasteiger partial charge in [-0.1, -0.05) is 0 Å². The Morgan fingerprint density at radius 2 is 2.19 bits per heavy atom. The molecule has 0 saturated carbocycles. The second-order valence-electron chi connectivity index (χ2n) is 3.41. The van der Waals surface area contributed by atoms with Crippen LogP contribution in [-0.2, 0) is 4.74 Å². The summed E-state index contributed by atoms with van der Waals surface area (Å²) < 4.78 is 4.68. The number of nitrogens with two attached hydrogens (primary N) is 1. The van der Waals surface area contributed by atoms with E-state index < -0.39 is 5.97 Å². The standard InChI is InChI=1S/C11H11N3O2/c1-6-3-4-13-10-7(11(15)16-2)5-8(12)14-9(6)10/h3-5H,1-2H3,(H2,12,14). The molecular formula is C11H11N3O2. The highest BCUT2D eigenvalue weighted by molar-refractivity contribution is 6.03. The molecule has 2 rings (SSSR count). The lowest BCUT2D eigenvalue weighted by Gasteiger charge is -2.06. The molecule has 82 valence electrons. The Labute approximate surface area is 92.3 Å². The summed E-state index contributed by atoms with van der Waals surface area (Å²) in [5, 5.41) is 0. The summed E-state index contributed by atoms with van der Waals surface area (Å²) in [4.78, 5) is 19.8. The van der Waals surface area contributed by atoms with Gasteiger partial charge in [-0.25, -0.2) is 9.78 Å². The molecule has 0 aromatic carbocycles. The van der Waals surface area contributed by atoms with Crippen molar-refractivity contribution in [3.63, 3.8) is 0 Å². The molecule has 0 aliphatic heterocycles. The van der Waals surface area contributed by atoms with Gasteiger partial charge in [-0.05, 0) is 24.6 Å². The quantitative estimate of drug-likeness (QED) is 0.728. The van der Waals surface area contributed by atoms with Gasteiger partial charge in [-0.2, -0.15) is 0 Å². The van der Waals surface area contributed by atoms with Crippen LogP contribution >= 0.6 is 0 Å². The lowest BCUT2D eigenvalue weighted by atomic mass is 10.1. The van der Waals surface area contributed by atoms with Crippen LogP contribution < -0.4 is 5.73 Å². The summed E-state index contributed by atoms with van der Waals surface area (Å²) in [6.07, 6.45) is 1.63. The molecule has 0 amide bonds. The lowest BCUT2D eigenvalue weighted by molar-refractivity contribution is 0.0602. The monoisotopic (exact) mass is 217 g/mol. The van der Waals surface area contributed by atoms with Crippen LogP contribution in [0.3, 0.4) is 0 Å². The van der Waals surface area contributed by atoms with Crippen LogP contribution in [0.15, 0.2) is 18.3 Å². The van der Waals surface area contributed by atoms with Crippen molar-refractivity contribution in [1.29, 1.82) is 0 Å². The van der Waals surface area contributed by atoms with Gasteiger partial charge in [-0.3, -0.25) is 4.98 Å². The summed E-state index contributed by atoms with van der Waals surface area (Å²) in [5.74, 6) is -0.179. The maximum atomic E-state index is 11.5. The number of carbonyl (C=O) groups is 1. The number of carbonyl (C=O) groups excluding carboxylic acids is 1. The van der Waals surface area contributed by atoms with Crippen molar-refractivity contribution in [2.24, 2.45) is 0 Å². The van der Waals surface area contributed by atoms with E-state index in [2.05, 4.69) is 14.7 Å². The fraction of sp³-hybridized carbons (Fsp3) is 0.182. The molecule has 2 N–H and O–H groups in total. The predicted octanol–water partition coefficient (Wildman–Crippen LogP) is 1.31. The summed E-state index contributed by atoms with van der Waals surface area (Å²) in [6.45, 7) is 1.89. The smallest absolute Gasteiger partial charge is 0.340 e. The van der Waals surface area contributed by atoms with E-state index in [0.717, 1.165) is 5.56 Å². The molecule has 0 saturated heterocycles. The number of fused-ring (bicyclic) bond motifs is 1. The number of methoxy groups -OCH3 is 1. The van der Waals surface area contributed by atoms with Crippen LogP contribution in [0.2, 0.25) is 0 Å². The molecule has 0 unspecified atom stereocenters. The normalized spacial score (nSPS) is 10.4. The van der Waals surface area contributed by atoms with Gasteiger partial charge >= 0.3 is 5.97 Å². The fourth-order valence-electron chi connectivity index (χ4n) is 1.53. The third-order valence-corrected chi connectivity index (χ3v) is 2.32. The van der Waals surface area contributed by atoms with Gasteiger partial charge in [0.1, 0.15) is 11.3 Å². The zero-order valence-corrected chi connectivity index (χ0v) is 9.02. The lowest BCUT2D eigenvalue weighted by Crippen LogP contribution is -2.06. The molecule has 0 bridgehead atoms. The van der Waals surface area contributed by atoms with Gasteiger partial charge in [0.25, 0.3) is 0 Å². The van der Waals surface area contributed by atoms with Gasteiger partial charge in [-0.15, -0.1) is 0 Å². The number of aryl methyl sites for hydroxylation is 1. The van der Waals surface area contributed by atoms with Gasteiger partial charge in [0.05, 0.1) is 18.2 Å². The van der Waals surface area contributed by atoms with Gasteiger partial charge < -0.3 is 10.5 Å². The number of pyridine rings is 2. The molecule has 0 spiro atoms. The van der Waals surface area contributed by atoms with Crippen molar-refractivity contribution in [3.8, 4) is 0 Å². The fourth-order valence-corrected chi connectivity index (χ4v) is 1.53. The Balaban J connectivity index is 2.83. The van der Waals surface area contributed by atoms with Gasteiger partial charge in [0, 0.05) is 6.20 Å². The summed E-state index contributed by atoms with van der Waals surface area (Å²) in [6, 6.07) is 3.29. The number of esters is 1. The van der Waals surface area contributed by atoms with Gasteiger partial charge in [0.15, 0.2) is 0 Å². The van der Waals surface area contributed by atoms with Crippen molar-refractivity contribution < 1.29 is 9.53 Å². The Morgan fingerprint density at radius 3 is 2.88 bits per heavy atom. The van der Waals surface area contributed by atoms with Crippen molar-refractivity contribution >= 4 is 22.8 Å². The molecule has 0 radical (unpaired) electrons. The highest BCUT2D eigenvalue weighted by atomic mass is 16.5. The molecule has 2 heterocycles. The number of anilines is 1. The number of rotatable bonds is 1. The highest BCUT2D eigenvalue weighted by Crippen LogP contribution is 2.20. The number of aromatic nitrogens is 2. The molecule has 0 aliphatic rings. The Morgan fingerprint density at radius 1 is 1.44 bits per heavy atom. The number of hydrogen-bond acceptors (Lipinski definition) is 5. The molecule has 0 atom stereocenters. The van der Waals surface area contributed by atoms with E-state index in [0.29, 0.717) is 16.6 Å². The molecular weight excluding hydrogens is 206 g/mol. The van der Waals surface area contributed by atoms with Crippen LogP contribution in [0.1, 0.15) is 15.9 Å². The minimum Gasteiger partial charge on any atom is -0.465 e. The molecule has 5 heteroatoms. The molecule has 0 fully saturated rings. The molecule has 16 heavy (non-hydrogen) atoms. The zero-order valence-electron chi connectivity index (χ0n) is 9.02. The maximum Gasteiger partial charge on any atom is 0.340 e. The third kappa shape index (κ3) is 1.56. The van der Waals surface area contributed by atoms with Gasteiger partial charge in [0.2, 0.25) is 0 Å². The third-order valence-electron chi connectivity index (χ3n) is 2.32. The van der Waals surface area contributed by atoms with E-state index in [9.17, 15) is 4.79 Å². The number of hydrogen-bond donors (Lipinski definition) is 1. The second kappa shape index (κ2) is 3.77. The van der Waals surface area contributed by atoms with Crippen LogP contribution in [0.5, 0.6) is 0 Å². The Bertz CT molecular complexity index is 566. The zero-order chi connectivity index (χ0) is 11.7. The number of nitrogens with zero attached hydrogens (tertiary/aromatic N) is 2. The largest absolute Gasteiger partial charge is 0.465 e. The SMILES string of the molecule is COC(=O)c1cc(N)nc2c(C)ccnc12. The van der Waals surface area contributed by atoms with Crippen LogP contribution in [0.25, 0.3) is 11.0 Å².